The Balaban J connectivity index is 1.03. The van der Waals surface area contributed by atoms with Crippen LogP contribution in [-0.4, -0.2) is 0 Å². The number of hydrogen-bond acceptors (Lipinski definition) is 5. The number of benzene rings is 12. The highest BCUT2D eigenvalue weighted by Gasteiger charge is 2.46. The van der Waals surface area contributed by atoms with E-state index in [2.05, 4.69) is 306 Å². The van der Waals surface area contributed by atoms with E-state index in [4.69, 9.17) is 4.42 Å². The van der Waals surface area contributed by atoms with Gasteiger partial charge in [-0.15, -0.1) is 11.3 Å². The largest absolute Gasteiger partial charge is 0.456 e. The van der Waals surface area contributed by atoms with Crippen LogP contribution in [0.2, 0.25) is 0 Å². The quantitative estimate of drug-likeness (QED) is 0.129. The van der Waals surface area contributed by atoms with Gasteiger partial charge in [0, 0.05) is 65.4 Å². The minimum atomic E-state index is -0.532. The van der Waals surface area contributed by atoms with Crippen molar-refractivity contribution in [3.8, 4) is 11.1 Å². The van der Waals surface area contributed by atoms with Crippen molar-refractivity contribution < 1.29 is 4.42 Å². The molecule has 0 N–H and O–H groups in total. The molecule has 0 saturated heterocycles. The van der Waals surface area contributed by atoms with E-state index in [9.17, 15) is 0 Å². The molecule has 2 heterocycles. The molecule has 0 amide bonds. The van der Waals surface area contributed by atoms with Gasteiger partial charge in [0.1, 0.15) is 11.2 Å². The molecular formula is C73H49N3OS. The number of para-hydroxylation sites is 5. The molecule has 1 aliphatic carbocycles. The maximum absolute atomic E-state index is 6.59. The Morgan fingerprint density at radius 2 is 0.782 bits per heavy atom. The number of nitrogens with zero attached hydrogens (tertiary/aromatic N) is 3. The van der Waals surface area contributed by atoms with Crippen LogP contribution in [-0.2, 0) is 5.41 Å². The van der Waals surface area contributed by atoms with Crippen LogP contribution in [0.4, 0.5) is 51.2 Å². The number of hydrogen-bond donors (Lipinski definition) is 0. The smallest absolute Gasteiger partial charge is 0.137 e. The molecule has 0 bridgehead atoms. The van der Waals surface area contributed by atoms with Crippen LogP contribution in [0.5, 0.6) is 0 Å². The second-order valence-electron chi connectivity index (χ2n) is 20.0. The molecule has 5 heteroatoms. The lowest BCUT2D eigenvalue weighted by Gasteiger charge is -2.34. The standard InChI is InChI=1S/C73H49N3OS/c1-7-24-50(25-8-1)73(51-26-9-2-10-27-51)63-38-21-19-36-59(63)61-46-57(42-44-64(61)73)75(54-32-15-5-16-33-54)66-48-58(76(55-34-17-6-18-35-55)65-39-23-41-68-71(65)60-37-20-22-40-67(60)77-68)49-70-72(66)62-47-56(43-45-69(62)78-70)74(52-28-11-3-12-29-52)53-30-13-4-14-31-53/h1-49H. The summed E-state index contributed by atoms with van der Waals surface area (Å²) in [7, 11) is 0. The molecule has 0 fully saturated rings. The average Bonchev–Trinajstić information content (AvgIpc) is 4.29. The molecule has 78 heavy (non-hydrogen) atoms. The van der Waals surface area contributed by atoms with Crippen molar-refractivity contribution in [1.82, 2.24) is 0 Å². The molecule has 0 unspecified atom stereocenters. The third-order valence-corrected chi connectivity index (χ3v) is 16.8. The molecule has 12 aromatic carbocycles. The highest BCUT2D eigenvalue weighted by atomic mass is 32.1. The van der Waals surface area contributed by atoms with E-state index in [1.165, 1.54) is 53.6 Å². The Morgan fingerprint density at radius 3 is 1.42 bits per heavy atom. The van der Waals surface area contributed by atoms with Gasteiger partial charge in [0.2, 0.25) is 0 Å². The second-order valence-corrected chi connectivity index (χ2v) is 21.1. The Labute approximate surface area is 457 Å². The van der Waals surface area contributed by atoms with Crippen LogP contribution in [0.1, 0.15) is 22.3 Å². The first kappa shape index (κ1) is 45.5. The Morgan fingerprint density at radius 1 is 0.282 bits per heavy atom. The molecule has 15 rings (SSSR count). The average molecular weight is 1020 g/mol. The molecule has 0 atom stereocenters. The van der Waals surface area contributed by atoms with Crippen LogP contribution < -0.4 is 14.7 Å². The summed E-state index contributed by atoms with van der Waals surface area (Å²) in [6, 6.07) is 108. The van der Waals surface area contributed by atoms with Gasteiger partial charge in [0.05, 0.1) is 22.2 Å². The summed E-state index contributed by atoms with van der Waals surface area (Å²) in [5.74, 6) is 0. The molecule has 14 aromatic rings. The number of anilines is 9. The first-order valence-electron chi connectivity index (χ1n) is 26.6. The molecule has 1 aliphatic rings. The molecule has 368 valence electrons. The van der Waals surface area contributed by atoms with Crippen LogP contribution in [0, 0.1) is 0 Å². The van der Waals surface area contributed by atoms with Gasteiger partial charge in [0.25, 0.3) is 0 Å². The first-order valence-corrected chi connectivity index (χ1v) is 27.4. The normalized spacial score (nSPS) is 12.5. The Bertz CT molecular complexity index is 4420. The van der Waals surface area contributed by atoms with Crippen LogP contribution in [0.15, 0.2) is 302 Å². The van der Waals surface area contributed by atoms with Gasteiger partial charge in [0.15, 0.2) is 0 Å². The molecular weight excluding hydrogens is 967 g/mol. The van der Waals surface area contributed by atoms with Gasteiger partial charge >= 0.3 is 0 Å². The van der Waals surface area contributed by atoms with Crippen molar-refractivity contribution in [2.75, 3.05) is 14.7 Å². The van der Waals surface area contributed by atoms with E-state index < -0.39 is 5.41 Å². The van der Waals surface area contributed by atoms with Crippen LogP contribution in [0.25, 0.3) is 53.2 Å². The van der Waals surface area contributed by atoms with Crippen molar-refractivity contribution >= 4 is 105 Å². The van der Waals surface area contributed by atoms with Gasteiger partial charge in [-0.25, -0.2) is 0 Å². The third kappa shape index (κ3) is 7.27. The maximum atomic E-state index is 6.59. The van der Waals surface area contributed by atoms with Gasteiger partial charge in [-0.2, -0.15) is 0 Å². The third-order valence-electron chi connectivity index (χ3n) is 15.7. The number of thiophene rings is 1. The van der Waals surface area contributed by atoms with Gasteiger partial charge < -0.3 is 19.1 Å². The summed E-state index contributed by atoms with van der Waals surface area (Å²) in [6.45, 7) is 0. The fraction of sp³-hybridized carbons (Fsp3) is 0.0137. The monoisotopic (exact) mass is 1020 g/mol. The second kappa shape index (κ2) is 18.7. The minimum absolute atomic E-state index is 0.532. The molecule has 0 aliphatic heterocycles. The lowest BCUT2D eigenvalue weighted by atomic mass is 9.68. The van der Waals surface area contributed by atoms with Crippen molar-refractivity contribution in [1.29, 1.82) is 0 Å². The predicted molar refractivity (Wildman–Crippen MR) is 328 cm³/mol. The molecule has 0 spiro atoms. The fourth-order valence-corrected chi connectivity index (χ4v) is 13.6. The summed E-state index contributed by atoms with van der Waals surface area (Å²) in [6.07, 6.45) is 0. The topological polar surface area (TPSA) is 22.9 Å². The summed E-state index contributed by atoms with van der Waals surface area (Å²) in [5.41, 5.74) is 18.2. The van der Waals surface area contributed by atoms with Crippen molar-refractivity contribution in [3.63, 3.8) is 0 Å². The summed E-state index contributed by atoms with van der Waals surface area (Å²) < 4.78 is 8.97. The predicted octanol–water partition coefficient (Wildman–Crippen LogP) is 20.7. The van der Waals surface area contributed by atoms with E-state index in [0.29, 0.717) is 0 Å². The summed E-state index contributed by atoms with van der Waals surface area (Å²) in [5, 5.41) is 4.50. The van der Waals surface area contributed by atoms with Crippen molar-refractivity contribution in [2.24, 2.45) is 0 Å². The lowest BCUT2D eigenvalue weighted by molar-refractivity contribution is 0.669. The SMILES string of the molecule is c1ccc(N(c2ccccc2)c2ccc3sc4cc(N(c5ccccc5)c5cccc6oc7ccccc7c56)cc(N(c5ccccc5)c5ccc6c(c5)-c5ccccc5C6(c5ccccc5)c5ccccc5)c4c3c2)cc1. The van der Waals surface area contributed by atoms with Crippen LogP contribution in [0.3, 0.4) is 0 Å². The van der Waals surface area contributed by atoms with E-state index >= 15 is 0 Å². The van der Waals surface area contributed by atoms with Gasteiger partial charge in [-0.1, -0.05) is 188 Å². The molecule has 2 aromatic heterocycles. The number of rotatable bonds is 11. The molecule has 0 radical (unpaired) electrons. The lowest BCUT2D eigenvalue weighted by Crippen LogP contribution is -2.28. The summed E-state index contributed by atoms with van der Waals surface area (Å²) in [4.78, 5) is 7.29. The zero-order chi connectivity index (χ0) is 51.6. The van der Waals surface area contributed by atoms with E-state index in [-0.39, 0.29) is 0 Å². The molecule has 4 nitrogen and oxygen atoms in total. The highest BCUT2D eigenvalue weighted by molar-refractivity contribution is 7.26. The fourth-order valence-electron chi connectivity index (χ4n) is 12.4. The van der Waals surface area contributed by atoms with E-state index in [0.717, 1.165) is 73.1 Å². The van der Waals surface area contributed by atoms with Crippen molar-refractivity contribution in [3.05, 3.63) is 320 Å². The van der Waals surface area contributed by atoms with E-state index in [1.807, 2.05) is 17.4 Å². The highest BCUT2D eigenvalue weighted by Crippen LogP contribution is 2.58. The van der Waals surface area contributed by atoms with Crippen LogP contribution >= 0.6 is 11.3 Å². The Kier molecular flexibility index (Phi) is 10.9. The zero-order valence-corrected chi connectivity index (χ0v) is 43.3. The number of fused-ring (bicyclic) bond motifs is 9. The van der Waals surface area contributed by atoms with Gasteiger partial charge in [-0.3, -0.25) is 0 Å². The maximum Gasteiger partial charge on any atom is 0.137 e. The first-order chi connectivity index (χ1) is 38.7. The Hall–Kier alpha value is -9.94. The van der Waals surface area contributed by atoms with Gasteiger partial charge in [-0.05, 0) is 143 Å². The minimum Gasteiger partial charge on any atom is -0.456 e. The molecule has 0 saturated carbocycles. The van der Waals surface area contributed by atoms with E-state index in [1.54, 1.807) is 0 Å². The zero-order valence-electron chi connectivity index (χ0n) is 42.4. The number of furan rings is 1. The summed E-state index contributed by atoms with van der Waals surface area (Å²) >= 11 is 1.84. The van der Waals surface area contributed by atoms with Crippen molar-refractivity contribution in [2.45, 2.75) is 5.41 Å².